The third-order valence-electron chi connectivity index (χ3n) is 12.0. The van der Waals surface area contributed by atoms with Crippen molar-refractivity contribution in [2.75, 3.05) is 26.4 Å². The summed E-state index contributed by atoms with van der Waals surface area (Å²) in [6.07, 6.45) is 9.43. The Labute approximate surface area is 407 Å². The summed E-state index contributed by atoms with van der Waals surface area (Å²) in [7, 11) is 0. The second kappa shape index (κ2) is 34.6. The summed E-state index contributed by atoms with van der Waals surface area (Å²) in [5, 5.41) is 119. The van der Waals surface area contributed by atoms with Gasteiger partial charge < -0.3 is 89.9 Å². The zero-order chi connectivity index (χ0) is 50.6. The lowest BCUT2D eigenvalue weighted by atomic mass is 9.96. The number of unbranched alkanes of at least 4 members (excludes halogenated alkanes) is 6. The van der Waals surface area contributed by atoms with Crippen molar-refractivity contribution in [3.05, 3.63) is 72.9 Å². The van der Waals surface area contributed by atoms with Gasteiger partial charge in [0, 0.05) is 6.42 Å². The van der Waals surface area contributed by atoms with E-state index in [1.165, 1.54) is 25.7 Å². The maximum Gasteiger partial charge on any atom is 0.220 e. The number of aliphatic hydroxyl groups is 11. The number of aliphatic hydroxyl groups excluding tert-OH is 11. The first kappa shape index (κ1) is 60.5. The molecule has 3 saturated heterocycles. The third-order valence-corrected chi connectivity index (χ3v) is 12.0. The average Bonchev–Trinajstić information content (AvgIpc) is 3.34. The molecule has 69 heavy (non-hydrogen) atoms. The highest BCUT2D eigenvalue weighted by molar-refractivity contribution is 5.76. The predicted molar refractivity (Wildman–Crippen MR) is 254 cm³/mol. The molecule has 0 saturated carbocycles. The standard InChI is InChI=1S/C50H83NO18/c1-3-5-7-9-11-13-15-16-18-20-22-24-26-28-38(56)51-33(34(55)27-25-23-21-19-17-14-12-10-8-6-4-2)32-64-48-44(62)41(59)46(36(30-53)66-48)69-50-45(63)42(60)47(37(31-54)67-50)68-49-43(61)40(58)39(57)35(29-52)65-49/h5,7,11,13,16-19,22,24-25,27,33-37,39-50,52-55,57-63H,3-4,6,8-10,12,14-15,20-21,23,26,28-32H2,1-2H3,(H,51,56)/b7-5-,13-11-,18-16-,19-17+,24-22-,27-25+. The number of rotatable bonds is 32. The van der Waals surface area contributed by atoms with Crippen LogP contribution in [-0.2, 0) is 33.2 Å². The number of hydrogen-bond donors (Lipinski definition) is 12. The van der Waals surface area contributed by atoms with Gasteiger partial charge in [-0.2, -0.15) is 0 Å². The molecule has 396 valence electrons. The largest absolute Gasteiger partial charge is 0.394 e. The van der Waals surface area contributed by atoms with E-state index in [0.29, 0.717) is 19.3 Å². The maximum absolute atomic E-state index is 13.1. The lowest BCUT2D eigenvalue weighted by molar-refractivity contribution is -0.379. The molecule has 17 atom stereocenters. The molecular weight excluding hydrogens is 903 g/mol. The highest BCUT2D eigenvalue weighted by Gasteiger charge is 2.53. The molecule has 3 heterocycles. The van der Waals surface area contributed by atoms with E-state index in [1.54, 1.807) is 12.2 Å². The molecule has 0 aromatic rings. The van der Waals surface area contributed by atoms with Crippen LogP contribution in [0.15, 0.2) is 72.9 Å². The zero-order valence-corrected chi connectivity index (χ0v) is 40.2. The topological polar surface area (TPSA) is 307 Å². The van der Waals surface area contributed by atoms with Crippen LogP contribution in [-0.4, -0.2) is 193 Å². The van der Waals surface area contributed by atoms with E-state index in [-0.39, 0.29) is 12.3 Å². The Hall–Kier alpha value is -2.77. The van der Waals surface area contributed by atoms with Crippen LogP contribution >= 0.6 is 0 Å². The van der Waals surface area contributed by atoms with Crippen LogP contribution in [0, 0.1) is 0 Å². The molecule has 0 aliphatic carbocycles. The Balaban J connectivity index is 1.61. The van der Waals surface area contributed by atoms with Gasteiger partial charge in [-0.25, -0.2) is 0 Å². The quantitative estimate of drug-likeness (QED) is 0.0332. The first-order chi connectivity index (χ1) is 33.3. The number of allylic oxidation sites excluding steroid dienone is 11. The molecule has 0 aromatic heterocycles. The van der Waals surface area contributed by atoms with Gasteiger partial charge in [-0.3, -0.25) is 4.79 Å². The number of carbonyl (C=O) groups is 1. The minimum atomic E-state index is -1.99. The van der Waals surface area contributed by atoms with Gasteiger partial charge in [0.2, 0.25) is 5.91 Å². The van der Waals surface area contributed by atoms with Crippen molar-refractivity contribution in [1.29, 1.82) is 0 Å². The van der Waals surface area contributed by atoms with Gasteiger partial charge >= 0.3 is 0 Å². The van der Waals surface area contributed by atoms with E-state index in [2.05, 4.69) is 61.7 Å². The third kappa shape index (κ3) is 20.7. The molecule has 3 aliphatic rings. The second-order valence-electron chi connectivity index (χ2n) is 17.5. The van der Waals surface area contributed by atoms with Crippen LogP contribution in [0.1, 0.15) is 104 Å². The molecule has 0 spiro atoms. The molecule has 0 radical (unpaired) electrons. The Morgan fingerprint density at radius 2 is 1.01 bits per heavy atom. The van der Waals surface area contributed by atoms with E-state index in [9.17, 15) is 61.0 Å². The highest BCUT2D eigenvalue weighted by Crippen LogP contribution is 2.33. The van der Waals surface area contributed by atoms with Crippen LogP contribution < -0.4 is 5.32 Å². The van der Waals surface area contributed by atoms with Crippen molar-refractivity contribution in [1.82, 2.24) is 5.32 Å². The summed E-state index contributed by atoms with van der Waals surface area (Å²) >= 11 is 0. The minimum absolute atomic E-state index is 0.110. The SMILES string of the molecule is CC/C=C\C/C=C\C/C=C\C/C=C\CCC(=O)NC(COC1OC(CO)C(OC2OC(CO)C(OC3OC(CO)C(O)C(O)C3O)C(O)C2O)C(O)C1O)C(O)/C=C/CC/C=C/CCCCCCC. The summed E-state index contributed by atoms with van der Waals surface area (Å²) in [6, 6.07) is -1.03. The van der Waals surface area contributed by atoms with Gasteiger partial charge in [0.05, 0.1) is 38.6 Å². The van der Waals surface area contributed by atoms with Crippen molar-refractivity contribution in [2.24, 2.45) is 0 Å². The van der Waals surface area contributed by atoms with E-state index in [1.807, 2.05) is 18.2 Å². The molecule has 12 N–H and O–H groups in total. The van der Waals surface area contributed by atoms with E-state index in [4.69, 9.17) is 28.4 Å². The fourth-order valence-corrected chi connectivity index (χ4v) is 7.86. The molecule has 1 amide bonds. The summed E-state index contributed by atoms with van der Waals surface area (Å²) in [4.78, 5) is 13.1. The highest BCUT2D eigenvalue weighted by atomic mass is 16.8. The molecule has 0 bridgehead atoms. The molecular formula is C50H83NO18. The summed E-state index contributed by atoms with van der Waals surface area (Å²) in [5.41, 5.74) is 0. The lowest BCUT2D eigenvalue weighted by Gasteiger charge is -2.48. The maximum atomic E-state index is 13.1. The van der Waals surface area contributed by atoms with Gasteiger partial charge in [0.25, 0.3) is 0 Å². The van der Waals surface area contributed by atoms with Crippen LogP contribution in [0.4, 0.5) is 0 Å². The Morgan fingerprint density at radius 3 is 1.59 bits per heavy atom. The van der Waals surface area contributed by atoms with E-state index < -0.39 is 131 Å². The van der Waals surface area contributed by atoms with Gasteiger partial charge in [-0.05, 0) is 57.8 Å². The van der Waals surface area contributed by atoms with Crippen LogP contribution in [0.3, 0.4) is 0 Å². The molecule has 3 rings (SSSR count). The smallest absolute Gasteiger partial charge is 0.220 e. The molecule has 3 aliphatic heterocycles. The van der Waals surface area contributed by atoms with Crippen molar-refractivity contribution in [2.45, 2.75) is 208 Å². The van der Waals surface area contributed by atoms with Gasteiger partial charge in [-0.15, -0.1) is 0 Å². The minimum Gasteiger partial charge on any atom is -0.394 e. The second-order valence-corrected chi connectivity index (χ2v) is 17.5. The number of amides is 1. The van der Waals surface area contributed by atoms with Gasteiger partial charge in [0.1, 0.15) is 73.2 Å². The number of hydrogen-bond acceptors (Lipinski definition) is 18. The zero-order valence-electron chi connectivity index (χ0n) is 40.2. The first-order valence-electron chi connectivity index (χ1n) is 24.7. The Kier molecular flexibility index (Phi) is 30.3. The van der Waals surface area contributed by atoms with Crippen LogP contribution in [0.25, 0.3) is 0 Å². The number of ether oxygens (including phenoxy) is 6. The molecule has 19 heteroatoms. The average molecular weight is 986 g/mol. The van der Waals surface area contributed by atoms with E-state index in [0.717, 1.165) is 38.5 Å². The lowest BCUT2D eigenvalue weighted by Crippen LogP contribution is -2.66. The molecule has 17 unspecified atom stereocenters. The fourth-order valence-electron chi connectivity index (χ4n) is 7.86. The number of carbonyl (C=O) groups excluding carboxylic acids is 1. The summed E-state index contributed by atoms with van der Waals surface area (Å²) in [6.45, 7) is 1.43. The molecule has 0 aromatic carbocycles. The van der Waals surface area contributed by atoms with Crippen molar-refractivity contribution >= 4 is 5.91 Å². The first-order valence-corrected chi connectivity index (χ1v) is 24.7. The molecule has 19 nitrogen and oxygen atoms in total. The van der Waals surface area contributed by atoms with Gasteiger partial charge in [-0.1, -0.05) is 112 Å². The van der Waals surface area contributed by atoms with Gasteiger partial charge in [0.15, 0.2) is 18.9 Å². The molecule has 3 fully saturated rings. The van der Waals surface area contributed by atoms with Crippen molar-refractivity contribution < 1.29 is 89.4 Å². The fraction of sp³-hybridized carbons (Fsp3) is 0.740. The summed E-state index contributed by atoms with van der Waals surface area (Å²) in [5.74, 6) is -0.373. The monoisotopic (exact) mass is 986 g/mol. The predicted octanol–water partition coefficient (Wildman–Crippen LogP) is 1.14. The Morgan fingerprint density at radius 1 is 0.536 bits per heavy atom. The van der Waals surface area contributed by atoms with Crippen LogP contribution in [0.5, 0.6) is 0 Å². The van der Waals surface area contributed by atoms with E-state index >= 15 is 0 Å². The Bertz CT molecular complexity index is 1560. The van der Waals surface area contributed by atoms with Crippen molar-refractivity contribution in [3.8, 4) is 0 Å². The van der Waals surface area contributed by atoms with Crippen LogP contribution in [0.2, 0.25) is 0 Å². The summed E-state index contributed by atoms with van der Waals surface area (Å²) < 4.78 is 34.0. The normalized spacial score (nSPS) is 33.5. The number of nitrogens with one attached hydrogen (secondary N) is 1. The van der Waals surface area contributed by atoms with Crippen molar-refractivity contribution in [3.63, 3.8) is 0 Å².